The van der Waals surface area contributed by atoms with Gasteiger partial charge in [0, 0.05) is 31.0 Å². The highest BCUT2D eigenvalue weighted by molar-refractivity contribution is 5.77. The summed E-state index contributed by atoms with van der Waals surface area (Å²) in [4.78, 5) is 8.75. The standard InChI is InChI=1S/C18H15F3N4/c1-2-9-3-17-16(7-23-9)24-18-5-11(15(22)8-25(17)18)10-4-13(20)14(21)6-12(10)19/h2-4,6-7,11,15H,1,5,8,22H2/t11-,15?/m1/s1. The molecule has 1 aliphatic heterocycles. The maximum atomic E-state index is 14.2. The third kappa shape index (κ3) is 2.51. The summed E-state index contributed by atoms with van der Waals surface area (Å²) in [6.45, 7) is 4.10. The molecule has 1 aliphatic rings. The lowest BCUT2D eigenvalue weighted by Crippen LogP contribution is -2.39. The van der Waals surface area contributed by atoms with Crippen LogP contribution in [0, 0.1) is 17.5 Å². The minimum absolute atomic E-state index is 0.0783. The highest BCUT2D eigenvalue weighted by Crippen LogP contribution is 2.33. The molecule has 0 aliphatic carbocycles. The second kappa shape index (κ2) is 5.70. The molecule has 128 valence electrons. The van der Waals surface area contributed by atoms with Crippen LogP contribution in [-0.4, -0.2) is 20.6 Å². The smallest absolute Gasteiger partial charge is 0.161 e. The molecule has 1 aromatic carbocycles. The van der Waals surface area contributed by atoms with Crippen LogP contribution in [0.15, 0.2) is 31.0 Å². The van der Waals surface area contributed by atoms with Crippen LogP contribution in [-0.2, 0) is 13.0 Å². The second-order valence-electron chi connectivity index (χ2n) is 6.20. The Hall–Kier alpha value is -2.67. The lowest BCUT2D eigenvalue weighted by atomic mass is 9.86. The van der Waals surface area contributed by atoms with Gasteiger partial charge in [-0.25, -0.2) is 18.2 Å². The van der Waals surface area contributed by atoms with Crippen molar-refractivity contribution in [3.8, 4) is 0 Å². The molecule has 0 spiro atoms. The number of rotatable bonds is 2. The number of nitrogens with two attached hydrogens (primary N) is 1. The second-order valence-corrected chi connectivity index (χ2v) is 6.20. The van der Waals surface area contributed by atoms with Crippen molar-refractivity contribution in [2.24, 2.45) is 5.73 Å². The topological polar surface area (TPSA) is 56.7 Å². The average Bonchev–Trinajstić information content (AvgIpc) is 2.94. The summed E-state index contributed by atoms with van der Waals surface area (Å²) in [5, 5.41) is 0. The minimum Gasteiger partial charge on any atom is -0.326 e. The van der Waals surface area contributed by atoms with E-state index in [1.54, 1.807) is 12.3 Å². The lowest BCUT2D eigenvalue weighted by Gasteiger charge is -2.30. The Morgan fingerprint density at radius 1 is 1.16 bits per heavy atom. The van der Waals surface area contributed by atoms with Gasteiger partial charge in [-0.15, -0.1) is 0 Å². The van der Waals surface area contributed by atoms with Gasteiger partial charge >= 0.3 is 0 Å². The molecule has 2 atom stereocenters. The molecule has 0 bridgehead atoms. The summed E-state index contributed by atoms with van der Waals surface area (Å²) in [6.07, 6.45) is 3.62. The van der Waals surface area contributed by atoms with Crippen molar-refractivity contribution in [1.82, 2.24) is 14.5 Å². The zero-order valence-corrected chi connectivity index (χ0v) is 13.2. The minimum atomic E-state index is -1.21. The molecule has 25 heavy (non-hydrogen) atoms. The summed E-state index contributed by atoms with van der Waals surface area (Å²) in [7, 11) is 0. The maximum absolute atomic E-state index is 14.2. The van der Waals surface area contributed by atoms with Crippen molar-refractivity contribution < 1.29 is 13.2 Å². The largest absolute Gasteiger partial charge is 0.326 e. The van der Waals surface area contributed by atoms with E-state index in [0.717, 1.165) is 17.3 Å². The number of hydrogen-bond acceptors (Lipinski definition) is 3. The Balaban J connectivity index is 1.79. The van der Waals surface area contributed by atoms with E-state index >= 15 is 0 Å². The molecule has 0 amide bonds. The van der Waals surface area contributed by atoms with Crippen molar-refractivity contribution in [1.29, 1.82) is 0 Å². The maximum Gasteiger partial charge on any atom is 0.161 e. The third-order valence-corrected chi connectivity index (χ3v) is 4.70. The average molecular weight is 344 g/mol. The Morgan fingerprint density at radius 2 is 1.92 bits per heavy atom. The first-order valence-electron chi connectivity index (χ1n) is 7.85. The molecule has 0 fully saturated rings. The van der Waals surface area contributed by atoms with Gasteiger partial charge in [-0.2, -0.15) is 0 Å². The van der Waals surface area contributed by atoms with Crippen molar-refractivity contribution in [2.45, 2.75) is 24.9 Å². The van der Waals surface area contributed by atoms with E-state index in [-0.39, 0.29) is 5.56 Å². The summed E-state index contributed by atoms with van der Waals surface area (Å²) < 4.78 is 42.9. The van der Waals surface area contributed by atoms with Crippen molar-refractivity contribution in [3.63, 3.8) is 0 Å². The molecule has 2 aromatic heterocycles. The van der Waals surface area contributed by atoms with Crippen LogP contribution in [0.5, 0.6) is 0 Å². The van der Waals surface area contributed by atoms with Crippen molar-refractivity contribution in [2.75, 3.05) is 0 Å². The van der Waals surface area contributed by atoms with Gasteiger partial charge in [0.05, 0.1) is 17.4 Å². The molecule has 0 saturated carbocycles. The number of halogens is 3. The number of aromatic nitrogens is 3. The molecule has 2 N–H and O–H groups in total. The SMILES string of the molecule is C=Cc1cc2c(cn1)nc1n2CC(N)[C@@H](c2cc(F)c(F)cc2F)C1. The first kappa shape index (κ1) is 15.8. The van der Waals surface area contributed by atoms with Gasteiger partial charge in [-0.1, -0.05) is 6.58 Å². The van der Waals surface area contributed by atoms with Crippen molar-refractivity contribution in [3.05, 3.63) is 65.5 Å². The fourth-order valence-electron chi connectivity index (χ4n) is 3.41. The van der Waals surface area contributed by atoms with Gasteiger partial charge < -0.3 is 10.3 Å². The van der Waals surface area contributed by atoms with Gasteiger partial charge in [0.15, 0.2) is 11.6 Å². The molecular formula is C18H15F3N4. The van der Waals surface area contributed by atoms with Crippen LogP contribution in [0.1, 0.15) is 23.0 Å². The third-order valence-electron chi connectivity index (χ3n) is 4.70. The number of nitrogens with zero attached hydrogens (tertiary/aromatic N) is 3. The first-order chi connectivity index (χ1) is 12.0. The van der Waals surface area contributed by atoms with E-state index in [4.69, 9.17) is 5.73 Å². The fourth-order valence-corrected chi connectivity index (χ4v) is 3.41. The van der Waals surface area contributed by atoms with E-state index in [1.807, 2.05) is 10.6 Å². The van der Waals surface area contributed by atoms with E-state index in [9.17, 15) is 13.2 Å². The lowest BCUT2D eigenvalue weighted by molar-refractivity contribution is 0.392. The Labute approximate surface area is 141 Å². The highest BCUT2D eigenvalue weighted by atomic mass is 19.2. The Bertz CT molecular complexity index is 996. The molecule has 4 nitrogen and oxygen atoms in total. The van der Waals surface area contributed by atoms with Crippen LogP contribution in [0.3, 0.4) is 0 Å². The van der Waals surface area contributed by atoms with Crippen LogP contribution in [0.2, 0.25) is 0 Å². The normalized spacial score (nSPS) is 19.8. The van der Waals surface area contributed by atoms with E-state index in [1.165, 1.54) is 0 Å². The van der Waals surface area contributed by atoms with Gasteiger partial charge in [-0.05, 0) is 23.8 Å². The Morgan fingerprint density at radius 3 is 2.68 bits per heavy atom. The predicted octanol–water partition coefficient (Wildman–Crippen LogP) is 3.16. The molecule has 1 unspecified atom stereocenters. The van der Waals surface area contributed by atoms with Gasteiger partial charge in [0.2, 0.25) is 0 Å². The van der Waals surface area contributed by atoms with Gasteiger partial charge in [0.25, 0.3) is 0 Å². The van der Waals surface area contributed by atoms with E-state index < -0.39 is 29.4 Å². The van der Waals surface area contributed by atoms with Crippen LogP contribution >= 0.6 is 0 Å². The summed E-state index contributed by atoms with van der Waals surface area (Å²) >= 11 is 0. The predicted molar refractivity (Wildman–Crippen MR) is 88.4 cm³/mol. The molecular weight excluding hydrogens is 329 g/mol. The zero-order chi connectivity index (χ0) is 17.7. The van der Waals surface area contributed by atoms with Crippen LogP contribution in [0.4, 0.5) is 13.2 Å². The first-order valence-corrected chi connectivity index (χ1v) is 7.85. The van der Waals surface area contributed by atoms with Crippen molar-refractivity contribution >= 4 is 17.1 Å². The highest BCUT2D eigenvalue weighted by Gasteiger charge is 2.32. The summed E-state index contributed by atoms with van der Waals surface area (Å²) in [5.41, 5.74) is 8.62. The van der Waals surface area contributed by atoms with E-state index in [2.05, 4.69) is 16.5 Å². The number of hydrogen-bond donors (Lipinski definition) is 1. The quantitative estimate of drug-likeness (QED) is 0.727. The number of pyridine rings is 1. The van der Waals surface area contributed by atoms with Gasteiger partial charge in [-0.3, -0.25) is 4.98 Å². The monoisotopic (exact) mass is 344 g/mol. The van der Waals surface area contributed by atoms with Crippen LogP contribution < -0.4 is 5.73 Å². The molecule has 4 rings (SSSR count). The summed E-state index contributed by atoms with van der Waals surface area (Å²) in [6, 6.07) is 2.87. The Kier molecular flexibility index (Phi) is 3.61. The van der Waals surface area contributed by atoms with Crippen LogP contribution in [0.25, 0.3) is 17.1 Å². The van der Waals surface area contributed by atoms with Gasteiger partial charge in [0.1, 0.15) is 17.2 Å². The zero-order valence-electron chi connectivity index (χ0n) is 13.2. The molecule has 3 aromatic rings. The molecule has 3 heterocycles. The number of benzene rings is 1. The molecule has 0 radical (unpaired) electrons. The van der Waals surface area contributed by atoms with E-state index in [0.29, 0.717) is 30.4 Å². The molecule has 7 heteroatoms. The number of fused-ring (bicyclic) bond motifs is 3. The fraction of sp³-hybridized carbons (Fsp3) is 0.222. The summed E-state index contributed by atoms with van der Waals surface area (Å²) in [5.74, 6) is -2.84. The number of imidazole rings is 1. The molecule has 0 saturated heterocycles.